The molecule has 5 heteroatoms. The summed E-state index contributed by atoms with van der Waals surface area (Å²) >= 11 is 1.57. The number of carboxylic acid groups (broad SMARTS) is 1. The molecule has 15 heavy (non-hydrogen) atoms. The summed E-state index contributed by atoms with van der Waals surface area (Å²) in [4.78, 5) is 15.0. The van der Waals surface area contributed by atoms with E-state index in [-0.39, 0.29) is 12.3 Å². The summed E-state index contributed by atoms with van der Waals surface area (Å²) in [5, 5.41) is 11.7. The Morgan fingerprint density at radius 3 is 2.73 bits per heavy atom. The van der Waals surface area contributed by atoms with E-state index in [0.717, 1.165) is 10.7 Å². The van der Waals surface area contributed by atoms with Gasteiger partial charge in [-0.25, -0.2) is 4.98 Å². The van der Waals surface area contributed by atoms with E-state index in [9.17, 15) is 4.79 Å². The van der Waals surface area contributed by atoms with Gasteiger partial charge in [0.15, 0.2) is 0 Å². The van der Waals surface area contributed by atoms with Crippen LogP contribution in [0.1, 0.15) is 42.8 Å². The summed E-state index contributed by atoms with van der Waals surface area (Å²) in [6.45, 7) is 4.46. The van der Waals surface area contributed by atoms with Crippen molar-refractivity contribution in [3.63, 3.8) is 0 Å². The molecular weight excluding hydrogens is 212 g/mol. The maximum Gasteiger partial charge on any atom is 0.304 e. The van der Waals surface area contributed by atoms with Crippen molar-refractivity contribution in [3.05, 3.63) is 16.1 Å². The van der Waals surface area contributed by atoms with Crippen LogP contribution >= 0.6 is 11.3 Å². The summed E-state index contributed by atoms with van der Waals surface area (Å²) in [5.74, 6) is -0.609. The molecular formula is C10H16N2O2S. The molecule has 0 bridgehead atoms. The van der Waals surface area contributed by atoms with Gasteiger partial charge in [-0.1, -0.05) is 13.8 Å². The number of rotatable bonds is 5. The molecule has 0 spiro atoms. The molecule has 1 unspecified atom stereocenters. The van der Waals surface area contributed by atoms with Crippen LogP contribution in [0.3, 0.4) is 0 Å². The van der Waals surface area contributed by atoms with Crippen LogP contribution in [-0.4, -0.2) is 22.6 Å². The molecule has 84 valence electrons. The summed E-state index contributed by atoms with van der Waals surface area (Å²) < 4.78 is 0. The predicted molar refractivity (Wildman–Crippen MR) is 60.3 cm³/mol. The fraction of sp³-hybridized carbons (Fsp3) is 0.600. The number of thiazole rings is 1. The van der Waals surface area contributed by atoms with Crippen molar-refractivity contribution in [3.8, 4) is 0 Å². The second kappa shape index (κ2) is 5.23. The quantitative estimate of drug-likeness (QED) is 0.805. The molecule has 0 amide bonds. The molecule has 3 N–H and O–H groups in total. The molecule has 1 heterocycles. The average molecular weight is 228 g/mol. The van der Waals surface area contributed by atoms with E-state index < -0.39 is 5.97 Å². The van der Waals surface area contributed by atoms with Crippen molar-refractivity contribution in [2.24, 2.45) is 5.73 Å². The zero-order valence-electron chi connectivity index (χ0n) is 8.93. The van der Waals surface area contributed by atoms with E-state index in [1.807, 2.05) is 5.38 Å². The van der Waals surface area contributed by atoms with Gasteiger partial charge in [-0.15, -0.1) is 11.3 Å². The van der Waals surface area contributed by atoms with Crippen molar-refractivity contribution < 1.29 is 9.90 Å². The van der Waals surface area contributed by atoms with Crippen LogP contribution in [0.15, 0.2) is 5.38 Å². The van der Waals surface area contributed by atoms with Crippen LogP contribution in [0.5, 0.6) is 0 Å². The molecule has 0 aromatic carbocycles. The van der Waals surface area contributed by atoms with E-state index >= 15 is 0 Å². The Hall–Kier alpha value is -0.940. The van der Waals surface area contributed by atoms with Crippen molar-refractivity contribution in [2.75, 3.05) is 6.54 Å². The normalized spacial score (nSPS) is 13.1. The number of nitrogens with two attached hydrogens (primary N) is 1. The van der Waals surface area contributed by atoms with Gasteiger partial charge in [-0.2, -0.15) is 0 Å². The number of aromatic nitrogens is 1. The highest BCUT2D eigenvalue weighted by Crippen LogP contribution is 2.25. The summed E-state index contributed by atoms with van der Waals surface area (Å²) in [5.41, 5.74) is 6.35. The highest BCUT2D eigenvalue weighted by Gasteiger charge is 2.17. The van der Waals surface area contributed by atoms with Gasteiger partial charge in [-0.3, -0.25) is 4.79 Å². The lowest BCUT2D eigenvalue weighted by molar-refractivity contribution is -0.137. The Morgan fingerprint density at radius 1 is 1.67 bits per heavy atom. The van der Waals surface area contributed by atoms with Gasteiger partial charge in [-0.05, 0) is 0 Å². The monoisotopic (exact) mass is 228 g/mol. The molecule has 4 nitrogen and oxygen atoms in total. The molecule has 1 atom stereocenters. The van der Waals surface area contributed by atoms with E-state index in [2.05, 4.69) is 18.8 Å². The number of hydrogen-bond donors (Lipinski definition) is 2. The van der Waals surface area contributed by atoms with Crippen LogP contribution in [-0.2, 0) is 4.79 Å². The maximum absolute atomic E-state index is 10.6. The van der Waals surface area contributed by atoms with Gasteiger partial charge in [0.2, 0.25) is 0 Å². The van der Waals surface area contributed by atoms with E-state index in [4.69, 9.17) is 10.8 Å². The van der Waals surface area contributed by atoms with Gasteiger partial charge in [0.25, 0.3) is 0 Å². The lowest BCUT2D eigenvalue weighted by Gasteiger charge is -2.08. The standard InChI is InChI=1S/C10H16N2O2S/c1-6(2)10-12-8(5-15-10)7(4-11)3-9(13)14/h5-7H,3-4,11H2,1-2H3,(H,13,14). The summed E-state index contributed by atoms with van der Waals surface area (Å²) in [6, 6.07) is 0. The first-order valence-electron chi connectivity index (χ1n) is 4.91. The van der Waals surface area contributed by atoms with Gasteiger partial charge in [0.05, 0.1) is 17.1 Å². The first-order valence-corrected chi connectivity index (χ1v) is 5.79. The van der Waals surface area contributed by atoms with Crippen LogP contribution in [0.25, 0.3) is 0 Å². The molecule has 1 aromatic heterocycles. The third-order valence-corrected chi connectivity index (χ3v) is 3.32. The van der Waals surface area contributed by atoms with Crippen molar-refractivity contribution in [1.29, 1.82) is 0 Å². The van der Waals surface area contributed by atoms with Gasteiger partial charge >= 0.3 is 5.97 Å². The Kier molecular flexibility index (Phi) is 4.23. The molecule has 0 aliphatic heterocycles. The van der Waals surface area contributed by atoms with Gasteiger partial charge in [0.1, 0.15) is 0 Å². The molecule has 0 aliphatic carbocycles. The van der Waals surface area contributed by atoms with Crippen LogP contribution in [0.4, 0.5) is 0 Å². The lowest BCUT2D eigenvalue weighted by Crippen LogP contribution is -2.16. The average Bonchev–Trinajstić information content (AvgIpc) is 2.62. The van der Waals surface area contributed by atoms with E-state index in [1.54, 1.807) is 11.3 Å². The van der Waals surface area contributed by atoms with Gasteiger partial charge < -0.3 is 10.8 Å². The Bertz CT molecular complexity index is 336. The third-order valence-electron chi connectivity index (χ3n) is 2.16. The van der Waals surface area contributed by atoms with Crippen LogP contribution in [0, 0.1) is 0 Å². The Balaban J connectivity index is 2.78. The van der Waals surface area contributed by atoms with Crippen molar-refractivity contribution in [2.45, 2.75) is 32.1 Å². The smallest absolute Gasteiger partial charge is 0.304 e. The second-order valence-corrected chi connectivity index (χ2v) is 4.69. The zero-order chi connectivity index (χ0) is 11.4. The fourth-order valence-corrected chi connectivity index (χ4v) is 2.19. The zero-order valence-corrected chi connectivity index (χ0v) is 9.75. The highest BCUT2D eigenvalue weighted by molar-refractivity contribution is 7.09. The molecule has 0 saturated heterocycles. The first-order chi connectivity index (χ1) is 7.04. The van der Waals surface area contributed by atoms with Crippen molar-refractivity contribution in [1.82, 2.24) is 4.98 Å². The Labute approximate surface area is 93.1 Å². The minimum Gasteiger partial charge on any atom is -0.481 e. The molecule has 0 aliphatic rings. The lowest BCUT2D eigenvalue weighted by atomic mass is 10.0. The SMILES string of the molecule is CC(C)c1nc(C(CN)CC(=O)O)cs1. The molecule has 1 rings (SSSR count). The number of hydrogen-bond acceptors (Lipinski definition) is 4. The number of aliphatic carboxylic acids is 1. The van der Waals surface area contributed by atoms with E-state index in [0.29, 0.717) is 12.5 Å². The molecule has 1 aromatic rings. The summed E-state index contributed by atoms with van der Waals surface area (Å²) in [6.07, 6.45) is 0.0533. The fourth-order valence-electron chi connectivity index (χ4n) is 1.27. The largest absolute Gasteiger partial charge is 0.481 e. The highest BCUT2D eigenvalue weighted by atomic mass is 32.1. The minimum absolute atomic E-state index is 0.0533. The second-order valence-electron chi connectivity index (χ2n) is 3.80. The molecule has 0 radical (unpaired) electrons. The van der Waals surface area contributed by atoms with Gasteiger partial charge in [0, 0.05) is 23.8 Å². The molecule has 0 fully saturated rings. The number of carboxylic acids is 1. The first kappa shape index (κ1) is 12.1. The Morgan fingerprint density at radius 2 is 2.33 bits per heavy atom. The van der Waals surface area contributed by atoms with Crippen LogP contribution < -0.4 is 5.73 Å². The minimum atomic E-state index is -0.829. The molecule has 0 saturated carbocycles. The van der Waals surface area contributed by atoms with E-state index in [1.165, 1.54) is 0 Å². The third kappa shape index (κ3) is 3.28. The number of carbonyl (C=O) groups is 1. The predicted octanol–water partition coefficient (Wildman–Crippen LogP) is 1.78. The number of nitrogens with zero attached hydrogens (tertiary/aromatic N) is 1. The maximum atomic E-state index is 10.6. The summed E-state index contributed by atoms with van der Waals surface area (Å²) in [7, 11) is 0. The van der Waals surface area contributed by atoms with Crippen LogP contribution in [0.2, 0.25) is 0 Å². The van der Waals surface area contributed by atoms with Crippen molar-refractivity contribution >= 4 is 17.3 Å². The topological polar surface area (TPSA) is 76.2 Å².